The molecule has 0 aliphatic heterocycles. The van der Waals surface area contributed by atoms with Crippen LogP contribution in [0.25, 0.3) is 11.0 Å². The number of benzene rings is 1. The summed E-state index contributed by atoms with van der Waals surface area (Å²) in [5, 5.41) is 20.5. The molecule has 0 saturated carbocycles. The molecular formula is C17H14O7. The third-order valence-electron chi connectivity index (χ3n) is 3.52. The van der Waals surface area contributed by atoms with Gasteiger partial charge in [-0.2, -0.15) is 0 Å². The van der Waals surface area contributed by atoms with Crippen molar-refractivity contribution < 1.29 is 28.9 Å². The molecule has 0 saturated heterocycles. The topological polar surface area (TPSA) is 106 Å². The zero-order valence-electron chi connectivity index (χ0n) is 12.7. The van der Waals surface area contributed by atoms with Gasteiger partial charge in [0.05, 0.1) is 0 Å². The first-order valence-corrected chi connectivity index (χ1v) is 7.01. The normalized spacial score (nSPS) is 15.8. The number of ketones is 1. The number of hydrogen-bond acceptors (Lipinski definition) is 7. The van der Waals surface area contributed by atoms with Crippen LogP contribution in [0.2, 0.25) is 0 Å². The van der Waals surface area contributed by atoms with Crippen LogP contribution in [-0.2, 0) is 15.1 Å². The Bertz CT molecular complexity index is 904. The molecule has 7 nitrogen and oxygen atoms in total. The molecule has 0 spiro atoms. The molecule has 7 heteroatoms. The molecule has 124 valence electrons. The third-order valence-corrected chi connectivity index (χ3v) is 3.52. The molecule has 0 unspecified atom stereocenters. The molecule has 2 aromatic rings. The number of phenolic OH excluding ortho intramolecular Hbond substituents is 1. The molecular weight excluding hydrogens is 316 g/mol. The van der Waals surface area contributed by atoms with Crippen LogP contribution in [0.15, 0.2) is 51.7 Å². The highest BCUT2D eigenvalue weighted by molar-refractivity contribution is 6.00. The number of carbonyl (C=O) groups is 1. The number of aromatic hydroxyl groups is 1. The number of ether oxygens (including phenoxy) is 2. The van der Waals surface area contributed by atoms with Crippen LogP contribution < -0.4 is 10.2 Å². The summed E-state index contributed by atoms with van der Waals surface area (Å²) in [5.74, 6) is -0.436. The van der Waals surface area contributed by atoms with Gasteiger partial charge in [0.1, 0.15) is 28.2 Å². The maximum Gasteiger partial charge on any atom is 0.196 e. The zero-order valence-corrected chi connectivity index (χ0v) is 12.7. The Morgan fingerprint density at radius 1 is 1.17 bits per heavy atom. The highest BCUT2D eigenvalue weighted by Crippen LogP contribution is 2.33. The molecule has 1 heterocycles. The van der Waals surface area contributed by atoms with Gasteiger partial charge in [0.25, 0.3) is 0 Å². The minimum absolute atomic E-state index is 0.0352. The van der Waals surface area contributed by atoms with Crippen LogP contribution >= 0.6 is 0 Å². The van der Waals surface area contributed by atoms with Gasteiger partial charge in [0.15, 0.2) is 23.6 Å². The first-order valence-electron chi connectivity index (χ1n) is 7.01. The van der Waals surface area contributed by atoms with Gasteiger partial charge in [-0.15, -0.1) is 0 Å². The van der Waals surface area contributed by atoms with E-state index >= 15 is 0 Å². The zero-order chi connectivity index (χ0) is 17.3. The maximum atomic E-state index is 12.3. The van der Waals surface area contributed by atoms with Gasteiger partial charge in [-0.3, -0.25) is 9.59 Å². The number of hydrogen-bond donors (Lipinski definition) is 2. The van der Waals surface area contributed by atoms with Gasteiger partial charge in [-0.1, -0.05) is 0 Å². The number of carbonyl (C=O) groups excluding carboxylic acids is 1. The van der Waals surface area contributed by atoms with Crippen molar-refractivity contribution in [2.24, 2.45) is 0 Å². The van der Waals surface area contributed by atoms with Crippen molar-refractivity contribution in [3.8, 4) is 11.5 Å². The van der Waals surface area contributed by atoms with E-state index < -0.39 is 11.0 Å². The van der Waals surface area contributed by atoms with Gasteiger partial charge < -0.3 is 24.1 Å². The van der Waals surface area contributed by atoms with Crippen LogP contribution in [0.3, 0.4) is 0 Å². The third kappa shape index (κ3) is 2.82. The molecule has 1 aromatic heterocycles. The summed E-state index contributed by atoms with van der Waals surface area (Å²) < 4.78 is 15.6. The highest BCUT2D eigenvalue weighted by Gasteiger charge is 2.30. The molecule has 1 aliphatic rings. The summed E-state index contributed by atoms with van der Waals surface area (Å²) >= 11 is 0. The number of aliphatic hydroxyl groups is 1. The SMILES string of the molecule is COCOc1cc(O)c2c(=O)cc(C3(O)C=CC(=O)C=C3)oc2c1. The molecule has 0 fully saturated rings. The lowest BCUT2D eigenvalue weighted by atomic mass is 9.94. The van der Waals surface area contributed by atoms with Gasteiger partial charge in [0.2, 0.25) is 0 Å². The minimum atomic E-state index is -1.72. The lowest BCUT2D eigenvalue weighted by molar-refractivity contribution is -0.110. The molecule has 24 heavy (non-hydrogen) atoms. The van der Waals surface area contributed by atoms with E-state index in [2.05, 4.69) is 0 Å². The van der Waals surface area contributed by atoms with Crippen molar-refractivity contribution in [2.75, 3.05) is 13.9 Å². The first-order chi connectivity index (χ1) is 11.4. The van der Waals surface area contributed by atoms with E-state index in [1.165, 1.54) is 43.5 Å². The number of allylic oxidation sites excluding steroid dienone is 2. The molecule has 0 bridgehead atoms. The predicted molar refractivity (Wildman–Crippen MR) is 83.8 cm³/mol. The highest BCUT2D eigenvalue weighted by atomic mass is 16.7. The number of methoxy groups -OCH3 is 1. The monoisotopic (exact) mass is 330 g/mol. The van der Waals surface area contributed by atoms with Gasteiger partial charge in [-0.25, -0.2) is 0 Å². The summed E-state index contributed by atoms with van der Waals surface area (Å²) in [6, 6.07) is 3.75. The van der Waals surface area contributed by atoms with E-state index in [0.29, 0.717) is 0 Å². The maximum absolute atomic E-state index is 12.3. The molecule has 0 atom stereocenters. The van der Waals surface area contributed by atoms with Crippen LogP contribution in [-0.4, -0.2) is 29.9 Å². The minimum Gasteiger partial charge on any atom is -0.507 e. The fourth-order valence-electron chi connectivity index (χ4n) is 2.34. The lowest BCUT2D eigenvalue weighted by Crippen LogP contribution is -2.24. The Balaban J connectivity index is 2.15. The molecule has 2 N–H and O–H groups in total. The molecule has 3 rings (SSSR count). The average molecular weight is 330 g/mol. The fourth-order valence-corrected chi connectivity index (χ4v) is 2.34. The van der Waals surface area contributed by atoms with E-state index in [1.807, 2.05) is 0 Å². The Morgan fingerprint density at radius 2 is 1.88 bits per heavy atom. The number of phenols is 1. The largest absolute Gasteiger partial charge is 0.507 e. The van der Waals surface area contributed by atoms with Crippen LogP contribution in [0.4, 0.5) is 0 Å². The Kier molecular flexibility index (Phi) is 3.96. The van der Waals surface area contributed by atoms with Crippen molar-refractivity contribution in [1.29, 1.82) is 0 Å². The first kappa shape index (κ1) is 16.0. The van der Waals surface area contributed by atoms with Crippen LogP contribution in [0, 0.1) is 0 Å². The van der Waals surface area contributed by atoms with Gasteiger partial charge >= 0.3 is 0 Å². The summed E-state index contributed by atoms with van der Waals surface area (Å²) in [6.07, 6.45) is 4.81. The summed E-state index contributed by atoms with van der Waals surface area (Å²) in [5.41, 5.74) is -2.22. The quantitative estimate of drug-likeness (QED) is 0.815. The van der Waals surface area contributed by atoms with Gasteiger partial charge in [0, 0.05) is 25.3 Å². The summed E-state index contributed by atoms with van der Waals surface area (Å²) in [4.78, 5) is 23.5. The van der Waals surface area contributed by atoms with Crippen molar-refractivity contribution >= 4 is 16.8 Å². The van der Waals surface area contributed by atoms with Crippen molar-refractivity contribution in [3.05, 3.63) is 58.5 Å². The number of rotatable bonds is 4. The standard InChI is InChI=1S/C17H14O7/c1-22-9-23-11-6-12(19)16-13(20)8-15(24-14(16)7-11)17(21)4-2-10(18)3-5-17/h2-8,19,21H,9H2,1H3. The molecule has 0 amide bonds. The van der Waals surface area contributed by atoms with Crippen molar-refractivity contribution in [3.63, 3.8) is 0 Å². The molecule has 1 aromatic carbocycles. The average Bonchev–Trinajstić information content (AvgIpc) is 2.55. The molecule has 0 radical (unpaired) electrons. The summed E-state index contributed by atoms with van der Waals surface area (Å²) in [7, 11) is 1.44. The van der Waals surface area contributed by atoms with E-state index in [-0.39, 0.29) is 40.8 Å². The Hall–Kier alpha value is -2.90. The Morgan fingerprint density at radius 3 is 2.54 bits per heavy atom. The smallest absolute Gasteiger partial charge is 0.196 e. The fraction of sp³-hybridized carbons (Fsp3) is 0.176. The Labute approximate surface area is 136 Å². The second-order valence-corrected chi connectivity index (χ2v) is 5.24. The second-order valence-electron chi connectivity index (χ2n) is 5.24. The van der Waals surface area contributed by atoms with E-state index in [0.717, 1.165) is 6.07 Å². The van der Waals surface area contributed by atoms with Crippen molar-refractivity contribution in [2.45, 2.75) is 5.60 Å². The van der Waals surface area contributed by atoms with Crippen molar-refractivity contribution in [1.82, 2.24) is 0 Å². The summed E-state index contributed by atoms with van der Waals surface area (Å²) in [6.45, 7) is -0.0492. The predicted octanol–water partition coefficient (Wildman–Crippen LogP) is 1.36. The van der Waals surface area contributed by atoms with Crippen LogP contribution in [0.5, 0.6) is 11.5 Å². The van der Waals surface area contributed by atoms with Crippen LogP contribution in [0.1, 0.15) is 5.76 Å². The van der Waals surface area contributed by atoms with Gasteiger partial charge in [-0.05, 0) is 24.3 Å². The van der Waals surface area contributed by atoms with E-state index in [1.54, 1.807) is 0 Å². The van der Waals surface area contributed by atoms with E-state index in [9.17, 15) is 19.8 Å². The molecule has 1 aliphatic carbocycles. The number of fused-ring (bicyclic) bond motifs is 1. The lowest BCUT2D eigenvalue weighted by Gasteiger charge is -2.21. The van der Waals surface area contributed by atoms with E-state index in [4.69, 9.17) is 13.9 Å². The second kappa shape index (κ2) is 5.95.